The highest BCUT2D eigenvalue weighted by molar-refractivity contribution is 7.89. The monoisotopic (exact) mass is 438 g/mol. The van der Waals surface area contributed by atoms with Gasteiger partial charge in [0.2, 0.25) is 10.0 Å². The molecule has 0 amide bonds. The molecule has 0 spiro atoms. The number of hydrogen-bond acceptors (Lipinski definition) is 5. The first-order valence-electron chi connectivity index (χ1n) is 9.56. The van der Waals surface area contributed by atoms with E-state index in [1.54, 1.807) is 39.3 Å². The number of halogens is 1. The summed E-state index contributed by atoms with van der Waals surface area (Å²) in [6, 6.07) is 9.00. The number of nitrogens with zero attached hydrogens (tertiary/aromatic N) is 1. The molecule has 3 rings (SSSR count). The van der Waals surface area contributed by atoms with Crippen LogP contribution in [0.5, 0.6) is 11.5 Å². The lowest BCUT2D eigenvalue weighted by Gasteiger charge is -2.29. The van der Waals surface area contributed by atoms with Crippen molar-refractivity contribution in [2.45, 2.75) is 31.2 Å². The molecule has 158 valence electrons. The van der Waals surface area contributed by atoms with Crippen LogP contribution in [0.15, 0.2) is 35.2 Å². The minimum atomic E-state index is -3.57. The van der Waals surface area contributed by atoms with Crippen molar-refractivity contribution in [1.29, 1.82) is 0 Å². The van der Waals surface area contributed by atoms with Gasteiger partial charge in [-0.2, -0.15) is 0 Å². The summed E-state index contributed by atoms with van der Waals surface area (Å²) >= 11 is 6.05. The Morgan fingerprint density at radius 3 is 2.52 bits per heavy atom. The van der Waals surface area contributed by atoms with Crippen LogP contribution in [0.3, 0.4) is 0 Å². The molecule has 0 aliphatic carbocycles. The summed E-state index contributed by atoms with van der Waals surface area (Å²) in [6.45, 7) is 4.65. The maximum absolute atomic E-state index is 12.5. The van der Waals surface area contributed by atoms with Crippen molar-refractivity contribution in [3.8, 4) is 11.5 Å². The van der Waals surface area contributed by atoms with Gasteiger partial charge in [-0.05, 0) is 67.3 Å². The first-order chi connectivity index (χ1) is 13.9. The Balaban J connectivity index is 1.55. The predicted molar refractivity (Wildman–Crippen MR) is 115 cm³/mol. The van der Waals surface area contributed by atoms with E-state index in [0.29, 0.717) is 17.1 Å². The average molecular weight is 439 g/mol. The van der Waals surface area contributed by atoms with Crippen LogP contribution in [-0.2, 0) is 23.0 Å². The number of methoxy groups -OCH3 is 2. The molecule has 1 N–H and O–H groups in total. The molecule has 2 aromatic carbocycles. The zero-order chi connectivity index (χ0) is 21.0. The van der Waals surface area contributed by atoms with E-state index < -0.39 is 10.0 Å². The van der Waals surface area contributed by atoms with Crippen molar-refractivity contribution in [3.05, 3.63) is 52.0 Å². The quantitative estimate of drug-likeness (QED) is 0.640. The van der Waals surface area contributed by atoms with Gasteiger partial charge in [-0.1, -0.05) is 17.7 Å². The van der Waals surface area contributed by atoms with Crippen LogP contribution in [0.1, 0.15) is 23.1 Å². The van der Waals surface area contributed by atoms with Gasteiger partial charge >= 0.3 is 0 Å². The lowest BCUT2D eigenvalue weighted by Crippen LogP contribution is -2.34. The Morgan fingerprint density at radius 2 is 1.83 bits per heavy atom. The second kappa shape index (κ2) is 9.34. The summed E-state index contributed by atoms with van der Waals surface area (Å²) in [4.78, 5) is 2.56. The van der Waals surface area contributed by atoms with Crippen LogP contribution in [0.2, 0.25) is 5.02 Å². The zero-order valence-electron chi connectivity index (χ0n) is 17.0. The first-order valence-corrected chi connectivity index (χ1v) is 11.4. The molecule has 6 nitrogen and oxygen atoms in total. The van der Waals surface area contributed by atoms with Crippen molar-refractivity contribution in [2.75, 3.05) is 33.9 Å². The van der Waals surface area contributed by atoms with Crippen molar-refractivity contribution in [2.24, 2.45) is 0 Å². The number of rotatable bonds is 8. The molecule has 0 radical (unpaired) electrons. The highest BCUT2D eigenvalue weighted by Gasteiger charge is 2.20. The van der Waals surface area contributed by atoms with Crippen LogP contribution in [0, 0.1) is 6.92 Å². The number of sulfonamides is 1. The third kappa shape index (κ3) is 5.04. The number of hydrogen-bond donors (Lipinski definition) is 1. The molecule has 2 aromatic rings. The average Bonchev–Trinajstić information content (AvgIpc) is 2.71. The second-order valence-corrected chi connectivity index (χ2v) is 9.26. The van der Waals surface area contributed by atoms with Crippen molar-refractivity contribution in [3.63, 3.8) is 0 Å². The number of benzene rings is 2. The molecule has 8 heteroatoms. The van der Waals surface area contributed by atoms with Crippen molar-refractivity contribution in [1.82, 2.24) is 9.62 Å². The normalized spacial score (nSPS) is 14.5. The molecule has 0 saturated heterocycles. The van der Waals surface area contributed by atoms with Gasteiger partial charge in [0.1, 0.15) is 0 Å². The number of ether oxygens (including phenoxy) is 2. The number of fused-ring (bicyclic) bond motifs is 1. The molecule has 29 heavy (non-hydrogen) atoms. The Morgan fingerprint density at radius 1 is 1.14 bits per heavy atom. The van der Waals surface area contributed by atoms with E-state index in [1.807, 2.05) is 12.1 Å². The summed E-state index contributed by atoms with van der Waals surface area (Å²) in [5, 5.41) is 0.451. The van der Waals surface area contributed by atoms with E-state index in [1.165, 1.54) is 11.1 Å². The largest absolute Gasteiger partial charge is 0.493 e. The predicted octanol–water partition coefficient (Wildman–Crippen LogP) is 3.39. The molecular formula is C21H27ClN2O4S. The van der Waals surface area contributed by atoms with Gasteiger partial charge in [0.25, 0.3) is 0 Å². The molecule has 0 aromatic heterocycles. The minimum absolute atomic E-state index is 0.234. The minimum Gasteiger partial charge on any atom is -0.493 e. The standard InChI is InChI=1S/C21H27ClN2O4S/c1-15-18(22)6-4-7-21(15)29(25,26)23-9-5-10-24-11-8-16-12-19(27-2)20(28-3)13-17(16)14-24/h4,6-7,12-13,23H,5,8-11,14H2,1-3H3. The van der Waals surface area contributed by atoms with E-state index in [0.717, 1.165) is 44.0 Å². The first kappa shape index (κ1) is 21.9. The fourth-order valence-electron chi connectivity index (χ4n) is 3.60. The summed E-state index contributed by atoms with van der Waals surface area (Å²) in [6.07, 6.45) is 1.66. The molecule has 1 heterocycles. The van der Waals surface area contributed by atoms with Crippen molar-refractivity contribution >= 4 is 21.6 Å². The van der Waals surface area contributed by atoms with Gasteiger partial charge in [0.15, 0.2) is 11.5 Å². The fourth-order valence-corrected chi connectivity index (χ4v) is 5.17. The molecule has 1 aliphatic rings. The van der Waals surface area contributed by atoms with Gasteiger partial charge in [-0.25, -0.2) is 13.1 Å². The van der Waals surface area contributed by atoms with Crippen LogP contribution in [-0.4, -0.2) is 47.2 Å². The molecule has 0 bridgehead atoms. The van der Waals surface area contributed by atoms with Gasteiger partial charge in [-0.15, -0.1) is 0 Å². The highest BCUT2D eigenvalue weighted by atomic mass is 35.5. The van der Waals surface area contributed by atoms with E-state index in [-0.39, 0.29) is 4.90 Å². The Kier molecular flexibility index (Phi) is 7.05. The fraction of sp³-hybridized carbons (Fsp3) is 0.429. The molecule has 0 saturated carbocycles. The lowest BCUT2D eigenvalue weighted by atomic mass is 9.98. The summed E-state index contributed by atoms with van der Waals surface area (Å²) in [5.74, 6) is 1.49. The third-order valence-corrected chi connectivity index (χ3v) is 7.26. The topological polar surface area (TPSA) is 67.9 Å². The van der Waals surface area contributed by atoms with E-state index in [4.69, 9.17) is 21.1 Å². The van der Waals surface area contributed by atoms with Gasteiger partial charge in [-0.3, -0.25) is 4.90 Å². The van der Waals surface area contributed by atoms with Gasteiger partial charge in [0.05, 0.1) is 19.1 Å². The summed E-state index contributed by atoms with van der Waals surface area (Å²) < 4.78 is 38.6. The molecule has 0 unspecified atom stereocenters. The molecule has 0 fully saturated rings. The SMILES string of the molecule is COc1cc2c(cc1OC)CN(CCCNS(=O)(=O)c1cccc(Cl)c1C)CC2. The van der Waals surface area contributed by atoms with Crippen LogP contribution in [0.25, 0.3) is 0 Å². The van der Waals surface area contributed by atoms with Crippen LogP contribution in [0.4, 0.5) is 0 Å². The molecule has 1 aliphatic heterocycles. The Labute approximate surface area is 177 Å². The van der Waals surface area contributed by atoms with Crippen LogP contribution >= 0.6 is 11.6 Å². The maximum Gasteiger partial charge on any atom is 0.240 e. The molecular weight excluding hydrogens is 412 g/mol. The lowest BCUT2D eigenvalue weighted by molar-refractivity contribution is 0.250. The Hall–Kier alpha value is -1.80. The zero-order valence-corrected chi connectivity index (χ0v) is 18.6. The van der Waals surface area contributed by atoms with Crippen molar-refractivity contribution < 1.29 is 17.9 Å². The number of nitrogens with one attached hydrogen (secondary N) is 1. The van der Waals surface area contributed by atoms with E-state index in [2.05, 4.69) is 9.62 Å². The summed E-state index contributed by atoms with van der Waals surface area (Å²) in [7, 11) is -0.284. The molecule has 0 atom stereocenters. The smallest absolute Gasteiger partial charge is 0.240 e. The maximum atomic E-state index is 12.5. The third-order valence-electron chi connectivity index (χ3n) is 5.25. The second-order valence-electron chi connectivity index (χ2n) is 7.12. The van der Waals surface area contributed by atoms with Gasteiger partial charge in [0, 0.05) is 24.7 Å². The van der Waals surface area contributed by atoms with Gasteiger partial charge < -0.3 is 9.47 Å². The summed E-state index contributed by atoms with van der Waals surface area (Å²) in [5.41, 5.74) is 3.07. The van der Waals surface area contributed by atoms with Crippen LogP contribution < -0.4 is 14.2 Å². The van der Waals surface area contributed by atoms with E-state index >= 15 is 0 Å². The van der Waals surface area contributed by atoms with E-state index in [9.17, 15) is 8.42 Å². The highest BCUT2D eigenvalue weighted by Crippen LogP contribution is 2.33. The Bertz CT molecular complexity index is 979.